The number of halogens is 1. The Kier molecular flexibility index (Phi) is 3.42. The van der Waals surface area contributed by atoms with Gasteiger partial charge >= 0.3 is 0 Å². The average Bonchev–Trinajstić information content (AvgIpc) is 3.20. The predicted octanol–water partition coefficient (Wildman–Crippen LogP) is 1.09. The second-order valence-electron chi connectivity index (χ2n) is 5.66. The first-order valence-corrected chi connectivity index (χ1v) is 8.06. The lowest BCUT2D eigenvalue weighted by Gasteiger charge is -2.27. The Hall–Kier alpha value is -2.61. The summed E-state index contributed by atoms with van der Waals surface area (Å²) in [6.07, 6.45) is 3.82. The van der Waals surface area contributed by atoms with Crippen molar-refractivity contribution in [2.75, 3.05) is 6.54 Å². The zero-order valence-electron chi connectivity index (χ0n) is 13.0. The second-order valence-corrected chi connectivity index (χ2v) is 6.06. The summed E-state index contributed by atoms with van der Waals surface area (Å²) in [5.74, 6) is -0.270. The molecule has 24 heavy (non-hydrogen) atoms. The minimum atomic E-state index is -0.270. The van der Waals surface area contributed by atoms with Gasteiger partial charge in [0.05, 0.1) is 22.8 Å². The van der Waals surface area contributed by atoms with E-state index in [-0.39, 0.29) is 23.7 Å². The van der Waals surface area contributed by atoms with E-state index in [1.807, 2.05) is 6.92 Å². The number of amides is 1. The third-order valence-electron chi connectivity index (χ3n) is 4.22. The van der Waals surface area contributed by atoms with Crippen LogP contribution in [0.3, 0.4) is 0 Å². The van der Waals surface area contributed by atoms with Crippen LogP contribution in [-0.4, -0.2) is 41.7 Å². The molecule has 8 nitrogen and oxygen atoms in total. The molecule has 124 valence electrons. The van der Waals surface area contributed by atoms with Gasteiger partial charge in [-0.25, -0.2) is 9.50 Å². The molecule has 0 unspecified atom stereocenters. The highest BCUT2D eigenvalue weighted by atomic mass is 35.5. The van der Waals surface area contributed by atoms with Gasteiger partial charge in [0.25, 0.3) is 11.5 Å². The first kappa shape index (κ1) is 14.9. The van der Waals surface area contributed by atoms with Crippen LogP contribution in [0.25, 0.3) is 5.65 Å². The molecule has 4 rings (SSSR count). The van der Waals surface area contributed by atoms with E-state index in [9.17, 15) is 9.59 Å². The van der Waals surface area contributed by atoms with Crippen LogP contribution in [0.2, 0.25) is 5.02 Å². The summed E-state index contributed by atoms with van der Waals surface area (Å²) in [6.45, 7) is 3.24. The number of aryl methyl sites for hydroxylation is 1. The van der Waals surface area contributed by atoms with Gasteiger partial charge in [-0.05, 0) is 6.92 Å². The predicted molar refractivity (Wildman–Crippen MR) is 87.2 cm³/mol. The molecule has 0 bridgehead atoms. The van der Waals surface area contributed by atoms with Gasteiger partial charge in [-0.3, -0.25) is 19.4 Å². The van der Waals surface area contributed by atoms with Crippen molar-refractivity contribution < 1.29 is 4.79 Å². The highest BCUT2D eigenvalue weighted by Gasteiger charge is 2.28. The van der Waals surface area contributed by atoms with E-state index in [1.54, 1.807) is 28.0 Å². The van der Waals surface area contributed by atoms with Gasteiger partial charge in [-0.2, -0.15) is 5.10 Å². The molecular formula is C15H15ClN6O2. The Balaban J connectivity index is 1.69. The smallest absolute Gasteiger partial charge is 0.277 e. The number of hydrogen-bond acceptors (Lipinski definition) is 4. The molecule has 0 aliphatic carbocycles. The average molecular weight is 347 g/mol. The van der Waals surface area contributed by atoms with Crippen molar-refractivity contribution >= 4 is 23.2 Å². The van der Waals surface area contributed by atoms with Gasteiger partial charge in [0, 0.05) is 38.0 Å². The van der Waals surface area contributed by atoms with Crippen LogP contribution in [0.15, 0.2) is 23.3 Å². The lowest BCUT2D eigenvalue weighted by molar-refractivity contribution is 0.0725. The van der Waals surface area contributed by atoms with Crippen molar-refractivity contribution in [2.45, 2.75) is 26.4 Å². The number of fused-ring (bicyclic) bond motifs is 2. The van der Waals surface area contributed by atoms with Gasteiger partial charge in [0.1, 0.15) is 0 Å². The Morgan fingerprint density at radius 1 is 1.46 bits per heavy atom. The van der Waals surface area contributed by atoms with E-state index in [4.69, 9.17) is 11.6 Å². The molecule has 9 heteroatoms. The highest BCUT2D eigenvalue weighted by molar-refractivity contribution is 6.33. The molecule has 0 atom stereocenters. The Morgan fingerprint density at radius 2 is 2.29 bits per heavy atom. The monoisotopic (exact) mass is 346 g/mol. The summed E-state index contributed by atoms with van der Waals surface area (Å²) in [5, 5.41) is 7.37. The van der Waals surface area contributed by atoms with E-state index >= 15 is 0 Å². The molecule has 0 radical (unpaired) electrons. The van der Waals surface area contributed by atoms with Gasteiger partial charge < -0.3 is 4.90 Å². The van der Waals surface area contributed by atoms with Gasteiger partial charge in [-0.1, -0.05) is 11.6 Å². The summed E-state index contributed by atoms with van der Waals surface area (Å²) in [7, 11) is 0. The van der Waals surface area contributed by atoms with Gasteiger partial charge in [0.15, 0.2) is 11.3 Å². The normalized spacial score (nSPS) is 14.2. The van der Waals surface area contributed by atoms with Crippen molar-refractivity contribution in [2.24, 2.45) is 0 Å². The summed E-state index contributed by atoms with van der Waals surface area (Å²) < 4.78 is 3.00. The van der Waals surface area contributed by atoms with Crippen LogP contribution < -0.4 is 5.56 Å². The number of nitrogens with one attached hydrogen (secondary N) is 1. The van der Waals surface area contributed by atoms with Crippen molar-refractivity contribution in [1.29, 1.82) is 0 Å². The number of nitrogens with zero attached hydrogens (tertiary/aromatic N) is 5. The molecule has 3 aromatic heterocycles. The number of H-pyrrole nitrogens is 1. The second kappa shape index (κ2) is 5.48. The SMILES string of the molecule is CCn1cc(Cl)c(C(=O)N2CCc3nc4cc[nH]n4c(=O)c3C2)n1. The standard InChI is InChI=1S/C15H15ClN6O2/c1-2-21-8-10(16)13(19-21)15(24)20-6-4-11-9(7-20)14(23)22-12(18-11)3-5-17-22/h3,5,8,17H,2,4,6-7H2,1H3. The molecule has 4 heterocycles. The molecule has 0 fully saturated rings. The molecule has 1 aliphatic rings. The molecule has 3 aromatic rings. The lowest BCUT2D eigenvalue weighted by Crippen LogP contribution is -2.40. The molecule has 0 saturated carbocycles. The van der Waals surface area contributed by atoms with Crippen molar-refractivity contribution in [3.63, 3.8) is 0 Å². The first-order chi connectivity index (χ1) is 11.6. The van der Waals surface area contributed by atoms with Crippen molar-refractivity contribution in [3.05, 3.63) is 50.8 Å². The van der Waals surface area contributed by atoms with Gasteiger partial charge in [-0.15, -0.1) is 0 Å². The fourth-order valence-electron chi connectivity index (χ4n) is 2.94. The minimum absolute atomic E-state index is 0.178. The minimum Gasteiger partial charge on any atom is -0.332 e. The topological polar surface area (TPSA) is 88.3 Å². The van der Waals surface area contributed by atoms with Crippen LogP contribution in [0.5, 0.6) is 0 Å². The quantitative estimate of drug-likeness (QED) is 0.752. The van der Waals surface area contributed by atoms with Crippen LogP contribution in [-0.2, 0) is 19.5 Å². The van der Waals surface area contributed by atoms with E-state index in [0.29, 0.717) is 35.7 Å². The Labute approximate surface area is 141 Å². The zero-order chi connectivity index (χ0) is 16.8. The summed E-state index contributed by atoms with van der Waals surface area (Å²) in [6, 6.07) is 1.75. The highest BCUT2D eigenvalue weighted by Crippen LogP contribution is 2.20. The van der Waals surface area contributed by atoms with Crippen LogP contribution >= 0.6 is 11.6 Å². The molecule has 1 N–H and O–H groups in total. The van der Waals surface area contributed by atoms with E-state index < -0.39 is 0 Å². The van der Waals surface area contributed by atoms with E-state index in [1.165, 1.54) is 4.52 Å². The third-order valence-corrected chi connectivity index (χ3v) is 4.50. The number of aromatic amines is 1. The maximum absolute atomic E-state index is 12.7. The Bertz CT molecular complexity index is 1000. The fourth-order valence-corrected chi connectivity index (χ4v) is 3.18. The molecule has 0 aromatic carbocycles. The fraction of sp³-hybridized carbons (Fsp3) is 0.333. The number of carbonyl (C=O) groups excluding carboxylic acids is 1. The van der Waals surface area contributed by atoms with Crippen LogP contribution in [0.1, 0.15) is 28.7 Å². The van der Waals surface area contributed by atoms with Gasteiger partial charge in [0.2, 0.25) is 0 Å². The largest absolute Gasteiger partial charge is 0.332 e. The summed E-state index contributed by atoms with van der Waals surface area (Å²) in [5.41, 5.74) is 1.90. The molecule has 0 saturated heterocycles. The zero-order valence-corrected chi connectivity index (χ0v) is 13.7. The molecule has 1 aliphatic heterocycles. The maximum atomic E-state index is 12.7. The number of aromatic nitrogens is 5. The van der Waals surface area contributed by atoms with E-state index in [2.05, 4.69) is 15.2 Å². The number of rotatable bonds is 2. The Morgan fingerprint density at radius 3 is 3.04 bits per heavy atom. The van der Waals surface area contributed by atoms with Crippen LogP contribution in [0, 0.1) is 0 Å². The van der Waals surface area contributed by atoms with Crippen molar-refractivity contribution in [1.82, 2.24) is 29.3 Å². The molecule has 0 spiro atoms. The maximum Gasteiger partial charge on any atom is 0.277 e. The van der Waals surface area contributed by atoms with Crippen molar-refractivity contribution in [3.8, 4) is 0 Å². The third kappa shape index (κ3) is 2.22. The van der Waals surface area contributed by atoms with Crippen LogP contribution in [0.4, 0.5) is 0 Å². The molecular weight excluding hydrogens is 332 g/mol. The number of hydrogen-bond donors (Lipinski definition) is 1. The van der Waals surface area contributed by atoms with E-state index in [0.717, 1.165) is 5.69 Å². The molecule has 1 amide bonds. The summed E-state index contributed by atoms with van der Waals surface area (Å²) >= 11 is 6.12. The lowest BCUT2D eigenvalue weighted by atomic mass is 10.1. The summed E-state index contributed by atoms with van der Waals surface area (Å²) in [4.78, 5) is 31.4. The number of carbonyl (C=O) groups is 1. The first-order valence-electron chi connectivity index (χ1n) is 7.68.